The van der Waals surface area contributed by atoms with E-state index in [9.17, 15) is 9.59 Å². The minimum absolute atomic E-state index is 0.0144. The molecule has 3 rings (SSSR count). The molecule has 0 aromatic heterocycles. The normalized spacial score (nSPS) is 35.7. The van der Waals surface area contributed by atoms with Gasteiger partial charge in [-0.1, -0.05) is 19.3 Å². The molecule has 2 saturated heterocycles. The molecule has 5 nitrogen and oxygen atoms in total. The Morgan fingerprint density at radius 1 is 1.21 bits per heavy atom. The minimum Gasteiger partial charge on any atom is -0.368 e. The summed E-state index contributed by atoms with van der Waals surface area (Å²) in [5.41, 5.74) is 4.88. The molecular weight excluding hydrogens is 242 g/mol. The lowest BCUT2D eigenvalue weighted by atomic mass is 9.84. The lowest BCUT2D eigenvalue weighted by molar-refractivity contribution is -0.129. The quantitative estimate of drug-likeness (QED) is 0.781. The zero-order valence-corrected chi connectivity index (χ0v) is 11.4. The van der Waals surface area contributed by atoms with Crippen LogP contribution in [-0.2, 0) is 9.59 Å². The number of fused-ring (bicyclic) bond motifs is 1. The molecular formula is C14H23N3O2. The van der Waals surface area contributed by atoms with Crippen LogP contribution in [0.1, 0.15) is 51.4 Å². The van der Waals surface area contributed by atoms with Gasteiger partial charge in [0.1, 0.15) is 5.54 Å². The molecule has 106 valence electrons. The smallest absolute Gasteiger partial charge is 0.240 e. The summed E-state index contributed by atoms with van der Waals surface area (Å²) in [7, 11) is 0. The van der Waals surface area contributed by atoms with Gasteiger partial charge in [-0.05, 0) is 25.7 Å². The molecule has 2 atom stereocenters. The van der Waals surface area contributed by atoms with E-state index < -0.39 is 5.54 Å². The van der Waals surface area contributed by atoms with Crippen molar-refractivity contribution in [1.29, 1.82) is 0 Å². The maximum absolute atomic E-state index is 12.1. The van der Waals surface area contributed by atoms with Gasteiger partial charge in [-0.25, -0.2) is 0 Å². The minimum atomic E-state index is -0.810. The average Bonchev–Trinajstić information content (AvgIpc) is 2.96. The highest BCUT2D eigenvalue weighted by Crippen LogP contribution is 2.38. The SMILES string of the molecule is NC(=O)C1(NC2CCCCC2)CC(=O)N2CCCC21. The molecule has 1 aliphatic carbocycles. The number of carbonyl (C=O) groups is 2. The van der Waals surface area contributed by atoms with E-state index in [1.54, 1.807) is 0 Å². The molecule has 3 aliphatic rings. The number of rotatable bonds is 3. The number of nitrogens with zero attached hydrogens (tertiary/aromatic N) is 1. The highest BCUT2D eigenvalue weighted by atomic mass is 16.2. The Bertz CT molecular complexity index is 392. The van der Waals surface area contributed by atoms with Crippen molar-refractivity contribution in [2.24, 2.45) is 5.73 Å². The monoisotopic (exact) mass is 265 g/mol. The van der Waals surface area contributed by atoms with E-state index in [2.05, 4.69) is 5.32 Å². The fourth-order valence-electron chi connectivity index (χ4n) is 4.12. The number of nitrogens with one attached hydrogen (secondary N) is 1. The number of hydrogen-bond donors (Lipinski definition) is 2. The number of nitrogens with two attached hydrogens (primary N) is 1. The first kappa shape index (κ1) is 12.9. The van der Waals surface area contributed by atoms with Crippen molar-refractivity contribution in [2.75, 3.05) is 6.54 Å². The van der Waals surface area contributed by atoms with E-state index in [4.69, 9.17) is 5.73 Å². The number of amides is 2. The van der Waals surface area contributed by atoms with Crippen LogP contribution in [0.15, 0.2) is 0 Å². The van der Waals surface area contributed by atoms with Gasteiger partial charge in [-0.3, -0.25) is 14.9 Å². The van der Waals surface area contributed by atoms with Gasteiger partial charge in [0.15, 0.2) is 0 Å². The molecule has 0 bridgehead atoms. The molecule has 0 radical (unpaired) electrons. The van der Waals surface area contributed by atoms with Gasteiger partial charge in [0.25, 0.3) is 0 Å². The fourth-order valence-corrected chi connectivity index (χ4v) is 4.12. The van der Waals surface area contributed by atoms with E-state index in [-0.39, 0.29) is 24.3 Å². The second-order valence-electron chi connectivity index (χ2n) is 6.24. The summed E-state index contributed by atoms with van der Waals surface area (Å²) < 4.78 is 0. The van der Waals surface area contributed by atoms with Crippen LogP contribution >= 0.6 is 0 Å². The zero-order chi connectivity index (χ0) is 13.5. The van der Waals surface area contributed by atoms with E-state index in [1.165, 1.54) is 19.3 Å². The van der Waals surface area contributed by atoms with Crippen molar-refractivity contribution in [3.8, 4) is 0 Å². The molecule has 2 amide bonds. The molecule has 3 N–H and O–H groups in total. The van der Waals surface area contributed by atoms with Crippen molar-refractivity contribution in [1.82, 2.24) is 10.2 Å². The first-order chi connectivity index (χ1) is 9.13. The van der Waals surface area contributed by atoms with Gasteiger partial charge in [0.2, 0.25) is 11.8 Å². The summed E-state index contributed by atoms with van der Waals surface area (Å²) >= 11 is 0. The third kappa shape index (κ3) is 2.04. The Kier molecular flexibility index (Phi) is 3.25. The van der Waals surface area contributed by atoms with Crippen LogP contribution in [0.4, 0.5) is 0 Å². The number of carbonyl (C=O) groups excluding carboxylic acids is 2. The van der Waals surface area contributed by atoms with Gasteiger partial charge < -0.3 is 10.6 Å². The van der Waals surface area contributed by atoms with Crippen LogP contribution in [-0.4, -0.2) is 40.9 Å². The highest BCUT2D eigenvalue weighted by Gasteiger charge is 2.57. The molecule has 0 aromatic carbocycles. The van der Waals surface area contributed by atoms with E-state index in [0.717, 1.165) is 32.2 Å². The van der Waals surface area contributed by atoms with Crippen LogP contribution < -0.4 is 11.1 Å². The molecule has 19 heavy (non-hydrogen) atoms. The topological polar surface area (TPSA) is 75.4 Å². The fraction of sp³-hybridized carbons (Fsp3) is 0.857. The Labute approximate surface area is 113 Å². The maximum atomic E-state index is 12.1. The first-order valence-corrected chi connectivity index (χ1v) is 7.50. The van der Waals surface area contributed by atoms with E-state index in [1.807, 2.05) is 4.90 Å². The van der Waals surface area contributed by atoms with Gasteiger partial charge >= 0.3 is 0 Å². The summed E-state index contributed by atoms with van der Waals surface area (Å²) in [6, 6.07) is 0.328. The molecule has 0 spiro atoms. The Balaban J connectivity index is 1.82. The third-order valence-corrected chi connectivity index (χ3v) is 5.08. The van der Waals surface area contributed by atoms with Gasteiger partial charge in [-0.15, -0.1) is 0 Å². The second-order valence-corrected chi connectivity index (χ2v) is 6.24. The van der Waals surface area contributed by atoms with Crippen molar-refractivity contribution < 1.29 is 9.59 Å². The van der Waals surface area contributed by atoms with Crippen molar-refractivity contribution in [2.45, 2.75) is 69.0 Å². The Morgan fingerprint density at radius 2 is 1.95 bits per heavy atom. The van der Waals surface area contributed by atoms with Crippen molar-refractivity contribution in [3.63, 3.8) is 0 Å². The maximum Gasteiger partial charge on any atom is 0.240 e. The van der Waals surface area contributed by atoms with Crippen LogP contribution in [0, 0.1) is 0 Å². The third-order valence-electron chi connectivity index (χ3n) is 5.08. The molecule has 0 aromatic rings. The molecule has 2 aliphatic heterocycles. The molecule has 2 unspecified atom stereocenters. The predicted octanol–water partition coefficient (Wildman–Crippen LogP) is 0.527. The van der Waals surface area contributed by atoms with Gasteiger partial charge in [0, 0.05) is 12.6 Å². The average molecular weight is 265 g/mol. The zero-order valence-electron chi connectivity index (χ0n) is 11.4. The van der Waals surface area contributed by atoms with Gasteiger partial charge in [-0.2, -0.15) is 0 Å². The highest BCUT2D eigenvalue weighted by molar-refractivity contribution is 5.96. The van der Waals surface area contributed by atoms with Crippen molar-refractivity contribution >= 4 is 11.8 Å². The Morgan fingerprint density at radius 3 is 2.63 bits per heavy atom. The first-order valence-electron chi connectivity index (χ1n) is 7.50. The molecule has 2 heterocycles. The Hall–Kier alpha value is -1.10. The molecule has 5 heteroatoms. The second kappa shape index (κ2) is 4.78. The molecule has 1 saturated carbocycles. The standard InChI is InChI=1S/C14H23N3O2/c15-13(19)14(16-10-5-2-1-3-6-10)9-12(18)17-8-4-7-11(14)17/h10-11,16H,1-9H2,(H2,15,19). The summed E-state index contributed by atoms with van der Waals surface area (Å²) in [6.45, 7) is 0.783. The molecule has 3 fully saturated rings. The van der Waals surface area contributed by atoms with Gasteiger partial charge in [0.05, 0.1) is 12.5 Å². The summed E-state index contributed by atoms with van der Waals surface area (Å²) in [6.07, 6.45) is 8.00. The van der Waals surface area contributed by atoms with Crippen LogP contribution in [0.5, 0.6) is 0 Å². The van der Waals surface area contributed by atoms with E-state index >= 15 is 0 Å². The van der Waals surface area contributed by atoms with Crippen molar-refractivity contribution in [3.05, 3.63) is 0 Å². The van der Waals surface area contributed by atoms with E-state index in [0.29, 0.717) is 6.04 Å². The number of primary amides is 1. The number of hydrogen-bond acceptors (Lipinski definition) is 3. The van der Waals surface area contributed by atoms with Crippen LogP contribution in [0.3, 0.4) is 0 Å². The summed E-state index contributed by atoms with van der Waals surface area (Å²) in [5, 5.41) is 3.50. The summed E-state index contributed by atoms with van der Waals surface area (Å²) in [4.78, 5) is 26.0. The lowest BCUT2D eigenvalue weighted by Gasteiger charge is -2.37. The lowest BCUT2D eigenvalue weighted by Crippen LogP contribution is -2.64. The largest absolute Gasteiger partial charge is 0.368 e. The predicted molar refractivity (Wildman–Crippen MR) is 71.3 cm³/mol. The van der Waals surface area contributed by atoms with Crippen LogP contribution in [0.2, 0.25) is 0 Å². The summed E-state index contributed by atoms with van der Waals surface area (Å²) in [5.74, 6) is -0.259. The van der Waals surface area contributed by atoms with Crippen LogP contribution in [0.25, 0.3) is 0 Å².